The predicted molar refractivity (Wildman–Crippen MR) is 71.2 cm³/mol. The molecule has 1 fully saturated rings. The molecule has 1 aliphatic heterocycles. The molecule has 6 heteroatoms. The second-order valence-electron chi connectivity index (χ2n) is 5.14. The molecule has 1 aliphatic rings. The van der Waals surface area contributed by atoms with Crippen LogP contribution in [0.3, 0.4) is 0 Å². The van der Waals surface area contributed by atoms with Gasteiger partial charge in [0.15, 0.2) is 0 Å². The van der Waals surface area contributed by atoms with Gasteiger partial charge < -0.3 is 10.0 Å². The largest absolute Gasteiger partial charge is 0.478 e. The number of hydrogen-bond donors (Lipinski definition) is 1. The third kappa shape index (κ3) is 3.08. The molecule has 0 aromatic carbocycles. The zero-order valence-electron chi connectivity index (χ0n) is 11.6. The Balaban J connectivity index is 2.29. The maximum Gasteiger partial charge on any atom is 0.339 e. The molecule has 0 radical (unpaired) electrons. The molecular weight excluding hydrogens is 244 g/mol. The Labute approximate surface area is 113 Å². The van der Waals surface area contributed by atoms with Crippen molar-refractivity contribution in [3.63, 3.8) is 0 Å². The first-order chi connectivity index (χ1) is 8.99. The van der Waals surface area contributed by atoms with Gasteiger partial charge in [-0.2, -0.15) is 0 Å². The highest BCUT2D eigenvalue weighted by Crippen LogP contribution is 2.20. The van der Waals surface area contributed by atoms with Gasteiger partial charge >= 0.3 is 5.97 Å². The van der Waals surface area contributed by atoms with E-state index in [0.717, 1.165) is 26.1 Å². The number of aromatic nitrogens is 2. The standard InChI is InChI=1S/C13H20N4O2/c1-9-10(13(18)19)7-14-12(15-9)11-8-16(2)5-4-6-17(11)3/h7,11H,4-6,8H2,1-3H3,(H,18,19). The topological polar surface area (TPSA) is 69.6 Å². The van der Waals surface area contributed by atoms with Gasteiger partial charge in [0.25, 0.3) is 0 Å². The van der Waals surface area contributed by atoms with Crippen LogP contribution in [0, 0.1) is 6.92 Å². The van der Waals surface area contributed by atoms with E-state index in [2.05, 4.69) is 33.9 Å². The van der Waals surface area contributed by atoms with Gasteiger partial charge in [0.1, 0.15) is 5.82 Å². The van der Waals surface area contributed by atoms with Crippen molar-refractivity contribution in [2.45, 2.75) is 19.4 Å². The summed E-state index contributed by atoms with van der Waals surface area (Å²) in [6.45, 7) is 4.64. The van der Waals surface area contributed by atoms with Crippen LogP contribution in [0.5, 0.6) is 0 Å². The fourth-order valence-corrected chi connectivity index (χ4v) is 2.41. The molecular formula is C13H20N4O2. The smallest absolute Gasteiger partial charge is 0.339 e. The number of aryl methyl sites for hydroxylation is 1. The number of carboxylic acids is 1. The van der Waals surface area contributed by atoms with Gasteiger partial charge in [0.05, 0.1) is 17.3 Å². The molecule has 1 atom stereocenters. The van der Waals surface area contributed by atoms with Crippen molar-refractivity contribution in [2.75, 3.05) is 33.7 Å². The summed E-state index contributed by atoms with van der Waals surface area (Å²) in [7, 11) is 4.15. The lowest BCUT2D eigenvalue weighted by atomic mass is 10.2. The van der Waals surface area contributed by atoms with Crippen LogP contribution < -0.4 is 0 Å². The summed E-state index contributed by atoms with van der Waals surface area (Å²) < 4.78 is 0. The maximum atomic E-state index is 11.0. The number of carboxylic acid groups (broad SMARTS) is 1. The first kappa shape index (κ1) is 13.9. The molecule has 1 saturated heterocycles. The molecule has 1 aromatic rings. The first-order valence-electron chi connectivity index (χ1n) is 6.44. The number of likely N-dealkylation sites (N-methyl/N-ethyl adjacent to an activating group) is 2. The van der Waals surface area contributed by atoms with Crippen molar-refractivity contribution in [3.8, 4) is 0 Å². The van der Waals surface area contributed by atoms with Crippen LogP contribution in [-0.2, 0) is 0 Å². The van der Waals surface area contributed by atoms with E-state index in [1.54, 1.807) is 6.92 Å². The molecule has 19 heavy (non-hydrogen) atoms. The van der Waals surface area contributed by atoms with Crippen LogP contribution in [0.4, 0.5) is 0 Å². The Morgan fingerprint density at radius 1 is 1.42 bits per heavy atom. The lowest BCUT2D eigenvalue weighted by molar-refractivity contribution is 0.0695. The fourth-order valence-electron chi connectivity index (χ4n) is 2.41. The summed E-state index contributed by atoms with van der Waals surface area (Å²) in [4.78, 5) is 24.1. The SMILES string of the molecule is Cc1nc(C2CN(C)CCCN2C)ncc1C(=O)O. The molecule has 0 saturated carbocycles. The molecule has 0 aliphatic carbocycles. The molecule has 6 nitrogen and oxygen atoms in total. The van der Waals surface area contributed by atoms with Crippen LogP contribution in [0.2, 0.25) is 0 Å². The Kier molecular flexibility index (Phi) is 4.11. The lowest BCUT2D eigenvalue weighted by Crippen LogP contribution is -2.32. The average Bonchev–Trinajstić information content (AvgIpc) is 2.50. The van der Waals surface area contributed by atoms with E-state index in [4.69, 9.17) is 5.11 Å². The van der Waals surface area contributed by atoms with Gasteiger partial charge in [-0.15, -0.1) is 0 Å². The van der Waals surface area contributed by atoms with Crippen molar-refractivity contribution >= 4 is 5.97 Å². The van der Waals surface area contributed by atoms with Gasteiger partial charge in [0, 0.05) is 12.7 Å². The van der Waals surface area contributed by atoms with E-state index >= 15 is 0 Å². The molecule has 1 unspecified atom stereocenters. The monoisotopic (exact) mass is 264 g/mol. The Hall–Kier alpha value is -1.53. The quantitative estimate of drug-likeness (QED) is 0.851. The predicted octanol–water partition coefficient (Wildman–Crippen LogP) is 0.792. The summed E-state index contributed by atoms with van der Waals surface area (Å²) >= 11 is 0. The highest BCUT2D eigenvalue weighted by molar-refractivity contribution is 5.88. The van der Waals surface area contributed by atoms with Crippen molar-refractivity contribution in [3.05, 3.63) is 23.3 Å². The van der Waals surface area contributed by atoms with Crippen LogP contribution >= 0.6 is 0 Å². The highest BCUT2D eigenvalue weighted by atomic mass is 16.4. The minimum Gasteiger partial charge on any atom is -0.478 e. The van der Waals surface area contributed by atoms with Crippen LogP contribution in [0.1, 0.15) is 34.3 Å². The van der Waals surface area contributed by atoms with E-state index in [9.17, 15) is 4.79 Å². The second kappa shape index (κ2) is 5.63. The Morgan fingerprint density at radius 2 is 2.16 bits per heavy atom. The average molecular weight is 264 g/mol. The van der Waals surface area contributed by atoms with Crippen LogP contribution in [-0.4, -0.2) is 64.6 Å². The molecule has 1 N–H and O–H groups in total. The van der Waals surface area contributed by atoms with Crippen molar-refractivity contribution in [2.24, 2.45) is 0 Å². The highest BCUT2D eigenvalue weighted by Gasteiger charge is 2.25. The molecule has 0 spiro atoms. The zero-order valence-corrected chi connectivity index (χ0v) is 11.6. The number of rotatable bonds is 2. The molecule has 0 bridgehead atoms. The maximum absolute atomic E-state index is 11.0. The van der Waals surface area contributed by atoms with Crippen LogP contribution in [0.15, 0.2) is 6.20 Å². The summed E-state index contributed by atoms with van der Waals surface area (Å²) in [5.41, 5.74) is 0.700. The van der Waals surface area contributed by atoms with Crippen molar-refractivity contribution < 1.29 is 9.90 Å². The van der Waals surface area contributed by atoms with E-state index in [1.807, 2.05) is 0 Å². The summed E-state index contributed by atoms with van der Waals surface area (Å²) in [5.74, 6) is -0.269. The lowest BCUT2D eigenvalue weighted by Gasteiger charge is -2.26. The minimum atomic E-state index is -0.976. The summed E-state index contributed by atoms with van der Waals surface area (Å²) in [6.07, 6.45) is 2.54. The fraction of sp³-hybridized carbons (Fsp3) is 0.615. The first-order valence-corrected chi connectivity index (χ1v) is 6.44. The van der Waals surface area contributed by atoms with Crippen molar-refractivity contribution in [1.82, 2.24) is 19.8 Å². The molecule has 1 aromatic heterocycles. The molecule has 2 heterocycles. The Bertz CT molecular complexity index is 478. The number of carbonyl (C=O) groups is 1. The van der Waals surface area contributed by atoms with Crippen molar-refractivity contribution in [1.29, 1.82) is 0 Å². The zero-order chi connectivity index (χ0) is 14.0. The van der Waals surface area contributed by atoms with Gasteiger partial charge in [-0.05, 0) is 40.5 Å². The Morgan fingerprint density at radius 3 is 2.79 bits per heavy atom. The molecule has 2 rings (SSSR count). The third-order valence-electron chi connectivity index (χ3n) is 3.59. The summed E-state index contributed by atoms with van der Waals surface area (Å²) in [6, 6.07) is 0.119. The van der Waals surface area contributed by atoms with Gasteiger partial charge in [-0.3, -0.25) is 4.90 Å². The summed E-state index contributed by atoms with van der Waals surface area (Å²) in [5, 5.41) is 9.01. The minimum absolute atomic E-state index is 0.119. The van der Waals surface area contributed by atoms with E-state index < -0.39 is 5.97 Å². The molecule has 0 amide bonds. The molecule has 104 valence electrons. The van der Waals surface area contributed by atoms with E-state index in [-0.39, 0.29) is 11.6 Å². The van der Waals surface area contributed by atoms with Gasteiger partial charge in [-0.25, -0.2) is 14.8 Å². The second-order valence-corrected chi connectivity index (χ2v) is 5.14. The van der Waals surface area contributed by atoms with Gasteiger partial charge in [-0.1, -0.05) is 0 Å². The van der Waals surface area contributed by atoms with Crippen LogP contribution in [0.25, 0.3) is 0 Å². The number of hydrogen-bond acceptors (Lipinski definition) is 5. The normalized spacial score (nSPS) is 22.2. The number of nitrogens with zero attached hydrogens (tertiary/aromatic N) is 4. The van der Waals surface area contributed by atoms with E-state index in [1.165, 1.54) is 6.20 Å². The number of aromatic carboxylic acids is 1. The van der Waals surface area contributed by atoms with E-state index in [0.29, 0.717) is 11.5 Å². The van der Waals surface area contributed by atoms with Gasteiger partial charge in [0.2, 0.25) is 0 Å². The third-order valence-corrected chi connectivity index (χ3v) is 3.59.